The number of anilines is 2. The molecule has 8 heteroatoms. The van der Waals surface area contributed by atoms with Gasteiger partial charge < -0.3 is 15.5 Å². The van der Waals surface area contributed by atoms with Crippen LogP contribution in [0.3, 0.4) is 0 Å². The number of carbonyl (C=O) groups excluding carboxylic acids is 2. The summed E-state index contributed by atoms with van der Waals surface area (Å²) in [4.78, 5) is 30.3. The number of halogens is 2. The maximum absolute atomic E-state index is 13.5. The first-order chi connectivity index (χ1) is 13.4. The molecule has 1 aliphatic rings. The zero-order valence-electron chi connectivity index (χ0n) is 15.5. The minimum atomic E-state index is -1.02. The Kier molecular flexibility index (Phi) is 6.18. The smallest absolute Gasteiger partial charge is 0.313 e. The summed E-state index contributed by atoms with van der Waals surface area (Å²) in [5.41, 5.74) is 1.74. The van der Waals surface area contributed by atoms with Gasteiger partial charge in [-0.05, 0) is 49.9 Å². The number of nitrogens with zero attached hydrogens (tertiary/aromatic N) is 2. The van der Waals surface area contributed by atoms with Gasteiger partial charge >= 0.3 is 11.8 Å². The van der Waals surface area contributed by atoms with Gasteiger partial charge in [0.15, 0.2) is 0 Å². The predicted molar refractivity (Wildman–Crippen MR) is 102 cm³/mol. The van der Waals surface area contributed by atoms with E-state index in [1.165, 1.54) is 0 Å². The number of amides is 2. The van der Waals surface area contributed by atoms with Crippen molar-refractivity contribution in [2.45, 2.75) is 19.8 Å². The van der Waals surface area contributed by atoms with Crippen molar-refractivity contribution < 1.29 is 18.4 Å². The molecule has 2 aromatic rings. The maximum Gasteiger partial charge on any atom is 0.313 e. The molecule has 1 aromatic heterocycles. The standard InChI is InChI=1S/C20H22F2N4O2/c1-13-10-16(4-7-23-13)26-8-5-14(6-9-26)12-24-19(27)20(28)25-18-11-15(21)2-3-17(18)22/h2-4,7,10-11,14H,5-6,8-9,12H2,1H3,(H,24,27)(H,25,28). The van der Waals surface area contributed by atoms with Gasteiger partial charge in [0.25, 0.3) is 0 Å². The first-order valence-electron chi connectivity index (χ1n) is 9.14. The molecule has 28 heavy (non-hydrogen) atoms. The van der Waals surface area contributed by atoms with Gasteiger partial charge in [-0.15, -0.1) is 0 Å². The van der Waals surface area contributed by atoms with Gasteiger partial charge in [-0.25, -0.2) is 8.78 Å². The monoisotopic (exact) mass is 388 g/mol. The van der Waals surface area contributed by atoms with E-state index in [1.807, 2.05) is 19.1 Å². The molecule has 0 spiro atoms. The first kappa shape index (κ1) is 19.7. The minimum absolute atomic E-state index is 0.252. The van der Waals surface area contributed by atoms with Crippen molar-refractivity contribution in [3.8, 4) is 0 Å². The third-order valence-electron chi connectivity index (χ3n) is 4.79. The van der Waals surface area contributed by atoms with Gasteiger partial charge in [0.1, 0.15) is 11.6 Å². The number of benzene rings is 1. The van der Waals surface area contributed by atoms with Crippen LogP contribution in [0.1, 0.15) is 18.5 Å². The molecule has 0 saturated carbocycles. The maximum atomic E-state index is 13.5. The number of hydrogen-bond acceptors (Lipinski definition) is 4. The highest BCUT2D eigenvalue weighted by atomic mass is 19.1. The summed E-state index contributed by atoms with van der Waals surface area (Å²) in [6.07, 6.45) is 3.54. The molecule has 0 bridgehead atoms. The summed E-state index contributed by atoms with van der Waals surface area (Å²) in [6, 6.07) is 6.67. The van der Waals surface area contributed by atoms with E-state index in [9.17, 15) is 18.4 Å². The molecule has 6 nitrogen and oxygen atoms in total. The van der Waals surface area contributed by atoms with Gasteiger partial charge in [-0.1, -0.05) is 0 Å². The molecule has 0 unspecified atom stereocenters. The topological polar surface area (TPSA) is 74.3 Å². The SMILES string of the molecule is Cc1cc(N2CCC(CNC(=O)C(=O)Nc3cc(F)ccc3F)CC2)ccn1. The molecule has 2 amide bonds. The lowest BCUT2D eigenvalue weighted by Gasteiger charge is -2.33. The van der Waals surface area contributed by atoms with Gasteiger partial charge in [-0.3, -0.25) is 14.6 Å². The molecule has 0 atom stereocenters. The van der Waals surface area contributed by atoms with Crippen molar-refractivity contribution in [1.29, 1.82) is 0 Å². The molecule has 2 N–H and O–H groups in total. The highest BCUT2D eigenvalue weighted by molar-refractivity contribution is 6.39. The van der Waals surface area contributed by atoms with Crippen molar-refractivity contribution >= 4 is 23.2 Å². The quantitative estimate of drug-likeness (QED) is 0.790. The Bertz CT molecular complexity index is 867. The fourth-order valence-electron chi connectivity index (χ4n) is 3.21. The van der Waals surface area contributed by atoms with E-state index < -0.39 is 23.4 Å². The molecule has 3 rings (SSSR count). The average molecular weight is 388 g/mol. The number of pyridine rings is 1. The van der Waals surface area contributed by atoms with Gasteiger partial charge in [0, 0.05) is 43.3 Å². The summed E-state index contributed by atoms with van der Waals surface area (Å²) in [7, 11) is 0. The molecule has 1 aromatic carbocycles. The number of aromatic nitrogens is 1. The van der Waals surface area contributed by atoms with E-state index in [2.05, 4.69) is 20.5 Å². The number of aryl methyl sites for hydroxylation is 1. The fourth-order valence-corrected chi connectivity index (χ4v) is 3.21. The van der Waals surface area contributed by atoms with Crippen LogP contribution in [0, 0.1) is 24.5 Å². The highest BCUT2D eigenvalue weighted by Gasteiger charge is 2.22. The van der Waals surface area contributed by atoms with Crippen LogP contribution in [-0.4, -0.2) is 36.4 Å². The van der Waals surface area contributed by atoms with E-state index in [0.717, 1.165) is 55.5 Å². The van der Waals surface area contributed by atoms with Crippen LogP contribution in [0.4, 0.5) is 20.2 Å². The van der Waals surface area contributed by atoms with Gasteiger partial charge in [0.2, 0.25) is 0 Å². The molecule has 1 saturated heterocycles. The molecular weight excluding hydrogens is 366 g/mol. The number of piperidine rings is 1. The van der Waals surface area contributed by atoms with Crippen molar-refractivity contribution in [2.75, 3.05) is 29.9 Å². The Morgan fingerprint density at radius 1 is 1.14 bits per heavy atom. The lowest BCUT2D eigenvalue weighted by atomic mass is 9.96. The number of nitrogens with one attached hydrogen (secondary N) is 2. The lowest BCUT2D eigenvalue weighted by Crippen LogP contribution is -2.42. The van der Waals surface area contributed by atoms with E-state index in [0.29, 0.717) is 6.54 Å². The van der Waals surface area contributed by atoms with Crippen LogP contribution in [0.5, 0.6) is 0 Å². The van der Waals surface area contributed by atoms with Crippen LogP contribution in [0.25, 0.3) is 0 Å². The van der Waals surface area contributed by atoms with E-state index in [4.69, 9.17) is 0 Å². The highest BCUT2D eigenvalue weighted by Crippen LogP contribution is 2.23. The molecule has 1 fully saturated rings. The third-order valence-corrected chi connectivity index (χ3v) is 4.79. The third kappa shape index (κ3) is 5.03. The Hall–Kier alpha value is -3.03. The number of hydrogen-bond donors (Lipinski definition) is 2. The normalized spacial score (nSPS) is 14.6. The van der Waals surface area contributed by atoms with Crippen LogP contribution < -0.4 is 15.5 Å². The van der Waals surface area contributed by atoms with Crippen LogP contribution in [0.15, 0.2) is 36.5 Å². The fraction of sp³-hybridized carbons (Fsp3) is 0.350. The second-order valence-corrected chi connectivity index (χ2v) is 6.87. The number of rotatable bonds is 4. The van der Waals surface area contributed by atoms with Gasteiger partial charge in [0.05, 0.1) is 5.69 Å². The molecule has 0 aliphatic carbocycles. The summed E-state index contributed by atoms with van der Waals surface area (Å²) in [6.45, 7) is 4.02. The van der Waals surface area contributed by atoms with Crippen LogP contribution in [0.2, 0.25) is 0 Å². The Morgan fingerprint density at radius 3 is 2.61 bits per heavy atom. The van der Waals surface area contributed by atoms with Crippen molar-refractivity contribution in [3.63, 3.8) is 0 Å². The summed E-state index contributed by atoms with van der Waals surface area (Å²) in [5, 5.41) is 4.67. The Balaban J connectivity index is 1.45. The molecule has 1 aliphatic heterocycles. The molecule has 2 heterocycles. The summed E-state index contributed by atoms with van der Waals surface area (Å²) >= 11 is 0. The number of carbonyl (C=O) groups is 2. The zero-order chi connectivity index (χ0) is 20.1. The van der Waals surface area contributed by atoms with Crippen molar-refractivity contribution in [3.05, 3.63) is 53.9 Å². The molecular formula is C20H22F2N4O2. The Labute approximate surface area is 162 Å². The van der Waals surface area contributed by atoms with E-state index >= 15 is 0 Å². The largest absolute Gasteiger partial charge is 0.371 e. The second kappa shape index (κ2) is 8.77. The average Bonchev–Trinajstić information content (AvgIpc) is 2.69. The van der Waals surface area contributed by atoms with Crippen molar-refractivity contribution in [2.24, 2.45) is 5.92 Å². The minimum Gasteiger partial charge on any atom is -0.371 e. The van der Waals surface area contributed by atoms with E-state index in [-0.39, 0.29) is 11.6 Å². The second-order valence-electron chi connectivity index (χ2n) is 6.87. The van der Waals surface area contributed by atoms with Crippen LogP contribution in [-0.2, 0) is 9.59 Å². The zero-order valence-corrected chi connectivity index (χ0v) is 15.5. The first-order valence-corrected chi connectivity index (χ1v) is 9.14. The predicted octanol–water partition coefficient (Wildman–Crippen LogP) is 2.64. The lowest BCUT2D eigenvalue weighted by molar-refractivity contribution is -0.136. The summed E-state index contributed by atoms with van der Waals surface area (Å²) in [5.74, 6) is -3.14. The molecule has 0 radical (unpaired) electrons. The van der Waals surface area contributed by atoms with Gasteiger partial charge in [-0.2, -0.15) is 0 Å². The van der Waals surface area contributed by atoms with Crippen molar-refractivity contribution in [1.82, 2.24) is 10.3 Å². The van der Waals surface area contributed by atoms with E-state index in [1.54, 1.807) is 6.20 Å². The summed E-state index contributed by atoms with van der Waals surface area (Å²) < 4.78 is 26.7. The molecule has 148 valence electrons. The Morgan fingerprint density at radius 2 is 1.89 bits per heavy atom. The van der Waals surface area contributed by atoms with Crippen LogP contribution >= 0.6 is 0 Å².